The Balaban J connectivity index is 2.37. The van der Waals surface area contributed by atoms with Gasteiger partial charge >= 0.3 is 47.6 Å². The number of nitrogens with zero attached hydrogens (tertiary/aromatic N) is 2. The van der Waals surface area contributed by atoms with Gasteiger partial charge < -0.3 is 0 Å². The molecule has 0 aliphatic carbocycles. The van der Waals surface area contributed by atoms with Crippen LogP contribution in [0.1, 0.15) is 12.1 Å². The maximum atomic E-state index is 14.1. The highest BCUT2D eigenvalue weighted by molar-refractivity contribution is 7.99. The quantitative estimate of drug-likeness (QED) is 0.182. The fourth-order valence-corrected chi connectivity index (χ4v) is 4.14. The molecule has 2 aromatic heterocycles. The Hall–Kier alpha value is -2.41. The van der Waals surface area contributed by atoms with E-state index >= 15 is 0 Å². The molecule has 2 rings (SSSR count). The summed E-state index contributed by atoms with van der Waals surface area (Å²) in [5.74, 6) is -57.4. The van der Waals surface area contributed by atoms with Gasteiger partial charge in [-0.1, -0.05) is 6.07 Å². The Morgan fingerprint density at radius 1 is 0.625 bits per heavy atom. The topological polar surface area (TPSA) is 17.8 Å². The zero-order valence-corrected chi connectivity index (χ0v) is 19.9. The van der Waals surface area contributed by atoms with Crippen molar-refractivity contribution in [3.8, 4) is 5.82 Å². The number of aromatic nitrogens is 2. The monoisotopic (exact) mass is 636 g/mol. The maximum Gasteiger partial charge on any atom is 0.460 e. The zero-order valence-electron chi connectivity index (χ0n) is 19.1. The minimum Gasteiger partial charge on any atom is -0.293 e. The van der Waals surface area contributed by atoms with E-state index in [9.17, 15) is 74.6 Å². The number of alkyl halides is 17. The van der Waals surface area contributed by atoms with E-state index in [1.54, 1.807) is 0 Å². The van der Waals surface area contributed by atoms with Gasteiger partial charge in [-0.05, 0) is 31.2 Å². The Morgan fingerprint density at radius 3 is 1.55 bits per heavy atom. The van der Waals surface area contributed by atoms with Crippen LogP contribution in [-0.2, 0) is 0 Å². The summed E-state index contributed by atoms with van der Waals surface area (Å²) in [6.45, 7) is 1.46. The molecule has 40 heavy (non-hydrogen) atoms. The molecule has 0 N–H and O–H groups in total. The molecule has 2 heterocycles. The van der Waals surface area contributed by atoms with Gasteiger partial charge in [0.05, 0.1) is 5.03 Å². The summed E-state index contributed by atoms with van der Waals surface area (Å²) in [6, 6.07) is 6.89. The van der Waals surface area contributed by atoms with Gasteiger partial charge in [0.1, 0.15) is 5.82 Å². The minimum absolute atomic E-state index is 0.0482. The maximum absolute atomic E-state index is 14.1. The minimum atomic E-state index is -8.63. The predicted molar refractivity (Wildman–Crippen MR) is 104 cm³/mol. The summed E-state index contributed by atoms with van der Waals surface area (Å²) in [4.78, 5) is 3.92. The van der Waals surface area contributed by atoms with Gasteiger partial charge in [0.25, 0.3) is 0 Å². The summed E-state index contributed by atoms with van der Waals surface area (Å²) < 4.78 is 228. The summed E-state index contributed by atoms with van der Waals surface area (Å²) in [5, 5.41) is -0.0482. The average Bonchev–Trinajstić information content (AvgIpc) is 3.18. The van der Waals surface area contributed by atoms with Crippen molar-refractivity contribution in [1.82, 2.24) is 9.55 Å². The van der Waals surface area contributed by atoms with Gasteiger partial charge in [-0.25, -0.2) is 4.98 Å². The number of thioether (sulfide) groups is 1. The first-order chi connectivity index (χ1) is 17.7. The third-order valence-electron chi connectivity index (χ3n) is 5.37. The van der Waals surface area contributed by atoms with E-state index in [1.165, 1.54) is 48.0 Å². The Labute approximate surface area is 216 Å². The first kappa shape index (κ1) is 33.8. The molecule has 0 aliphatic heterocycles. The Bertz CT molecular complexity index is 1170. The molecule has 0 aliphatic rings. The first-order valence-electron chi connectivity index (χ1n) is 10.2. The van der Waals surface area contributed by atoms with Crippen LogP contribution in [0.15, 0.2) is 41.6 Å². The lowest BCUT2D eigenvalue weighted by molar-refractivity contribution is -0.461. The second-order valence-electron chi connectivity index (χ2n) is 8.08. The molecule has 0 saturated carbocycles. The first-order valence-corrected chi connectivity index (χ1v) is 11.1. The number of aryl methyl sites for hydroxylation is 1. The lowest BCUT2D eigenvalue weighted by atomic mass is 9.88. The summed E-state index contributed by atoms with van der Waals surface area (Å²) in [6.07, 6.45) is -9.01. The third kappa shape index (κ3) is 4.97. The molecule has 0 radical (unpaired) electrons. The van der Waals surface area contributed by atoms with E-state index in [2.05, 4.69) is 4.98 Å². The van der Waals surface area contributed by atoms with E-state index in [1.807, 2.05) is 0 Å². The zero-order chi connectivity index (χ0) is 31.4. The predicted octanol–water partition coefficient (Wildman–Crippen LogP) is 8.67. The van der Waals surface area contributed by atoms with Gasteiger partial charge in [-0.2, -0.15) is 74.6 Å². The molecule has 228 valence electrons. The van der Waals surface area contributed by atoms with E-state index in [-0.39, 0.29) is 22.6 Å². The largest absolute Gasteiger partial charge is 0.460 e. The molecule has 0 aromatic carbocycles. The van der Waals surface area contributed by atoms with Gasteiger partial charge in [0.2, 0.25) is 0 Å². The molecule has 0 saturated heterocycles. The lowest BCUT2D eigenvalue weighted by Gasteiger charge is -2.42. The third-order valence-corrected chi connectivity index (χ3v) is 6.39. The van der Waals surface area contributed by atoms with E-state index < -0.39 is 59.8 Å². The highest BCUT2D eigenvalue weighted by atomic mass is 32.2. The van der Waals surface area contributed by atoms with Crippen LogP contribution in [0.4, 0.5) is 74.6 Å². The van der Waals surface area contributed by atoms with Crippen molar-refractivity contribution in [2.24, 2.45) is 0 Å². The number of rotatable bonds is 11. The number of halogens is 17. The van der Waals surface area contributed by atoms with E-state index in [0.29, 0.717) is 5.69 Å². The Kier molecular flexibility index (Phi) is 8.57. The van der Waals surface area contributed by atoms with Crippen molar-refractivity contribution in [3.05, 3.63) is 42.2 Å². The van der Waals surface area contributed by atoms with Crippen molar-refractivity contribution in [2.45, 2.75) is 66.0 Å². The summed E-state index contributed by atoms with van der Waals surface area (Å²) in [7, 11) is 0. The van der Waals surface area contributed by atoms with Crippen molar-refractivity contribution < 1.29 is 74.6 Å². The van der Waals surface area contributed by atoms with Gasteiger partial charge in [-0.15, -0.1) is 11.8 Å². The molecule has 0 amide bonds. The van der Waals surface area contributed by atoms with Gasteiger partial charge in [0.15, 0.2) is 0 Å². The fraction of sp³-hybridized carbons (Fsp3) is 0.550. The summed E-state index contributed by atoms with van der Waals surface area (Å²) >= 11 is 0.225. The SMILES string of the molecule is Cc1ccc(SCCC(F)(F)C(F)(F)C(F)(F)C(F)(F)C(F)(F)C(F)(F)C(F)(F)C(F)(F)F)n1-c1ccccn1. The average molecular weight is 636 g/mol. The molecule has 0 spiro atoms. The molecular formula is C20H13F17N2S. The van der Waals surface area contributed by atoms with Gasteiger partial charge in [0, 0.05) is 24.1 Å². The molecular weight excluding hydrogens is 623 g/mol. The highest BCUT2D eigenvalue weighted by Crippen LogP contribution is 2.64. The molecule has 2 nitrogen and oxygen atoms in total. The standard InChI is InChI=1S/C20H13F17N2S/c1-10-5-6-12(39(10)11-4-2-3-8-38-11)40-9-7-13(21,22)14(23,24)15(25,26)16(27,28)17(29,30)18(31,32)19(33,34)20(35,36)37/h2-6,8H,7,9H2,1H3. The second-order valence-corrected chi connectivity index (χ2v) is 9.20. The van der Waals surface area contributed by atoms with Crippen molar-refractivity contribution in [1.29, 1.82) is 0 Å². The molecule has 0 bridgehead atoms. The van der Waals surface area contributed by atoms with Crippen LogP contribution in [-0.4, -0.2) is 62.9 Å². The molecule has 0 atom stereocenters. The smallest absolute Gasteiger partial charge is 0.293 e. The van der Waals surface area contributed by atoms with Crippen LogP contribution in [0.25, 0.3) is 5.82 Å². The molecule has 0 unspecified atom stereocenters. The lowest BCUT2D eigenvalue weighted by Crippen LogP contribution is -2.74. The molecule has 0 fully saturated rings. The Morgan fingerprint density at radius 2 is 1.10 bits per heavy atom. The van der Waals surface area contributed by atoms with E-state index in [0.717, 1.165) is 0 Å². The van der Waals surface area contributed by atoms with Gasteiger partial charge in [-0.3, -0.25) is 4.57 Å². The van der Waals surface area contributed by atoms with Crippen LogP contribution >= 0.6 is 11.8 Å². The van der Waals surface area contributed by atoms with Crippen molar-refractivity contribution >= 4 is 11.8 Å². The van der Waals surface area contributed by atoms with Crippen LogP contribution in [0.3, 0.4) is 0 Å². The van der Waals surface area contributed by atoms with Crippen LogP contribution in [0, 0.1) is 6.92 Å². The van der Waals surface area contributed by atoms with Crippen molar-refractivity contribution in [2.75, 3.05) is 5.75 Å². The number of pyridine rings is 1. The van der Waals surface area contributed by atoms with E-state index in [4.69, 9.17) is 0 Å². The number of hydrogen-bond donors (Lipinski definition) is 0. The van der Waals surface area contributed by atoms with Crippen LogP contribution in [0.5, 0.6) is 0 Å². The molecule has 20 heteroatoms. The molecule has 2 aromatic rings. The summed E-state index contributed by atoms with van der Waals surface area (Å²) in [5.41, 5.74) is 0.378. The van der Waals surface area contributed by atoms with Crippen molar-refractivity contribution in [3.63, 3.8) is 0 Å². The van der Waals surface area contributed by atoms with Crippen LogP contribution < -0.4 is 0 Å². The number of hydrogen-bond acceptors (Lipinski definition) is 2. The highest BCUT2D eigenvalue weighted by Gasteiger charge is 2.95. The fourth-order valence-electron chi connectivity index (χ4n) is 3.04. The van der Waals surface area contributed by atoms with Crippen LogP contribution in [0.2, 0.25) is 0 Å². The second kappa shape index (κ2) is 10.1. The normalized spacial score (nSPS) is 15.1.